The van der Waals surface area contributed by atoms with Crippen LogP contribution in [0.3, 0.4) is 0 Å². The van der Waals surface area contributed by atoms with Gasteiger partial charge in [-0.1, -0.05) is 0 Å². The van der Waals surface area contributed by atoms with Crippen molar-refractivity contribution in [1.29, 1.82) is 0 Å². The first-order valence-corrected chi connectivity index (χ1v) is 10.2. The topological polar surface area (TPSA) is 65.2 Å². The van der Waals surface area contributed by atoms with Crippen LogP contribution in [0.1, 0.15) is 52.0 Å². The zero-order valence-electron chi connectivity index (χ0n) is 16.5. The van der Waals surface area contributed by atoms with Crippen LogP contribution in [0, 0.1) is 12.8 Å². The zero-order chi connectivity index (χ0) is 21.2. The van der Waals surface area contributed by atoms with E-state index in [-0.39, 0.29) is 17.9 Å². The third-order valence-corrected chi connectivity index (χ3v) is 6.62. The van der Waals surface area contributed by atoms with Crippen LogP contribution < -0.4 is 5.32 Å². The maximum atomic E-state index is 13.3. The Morgan fingerprint density at radius 2 is 2.00 bits per heavy atom. The summed E-state index contributed by atoms with van der Waals surface area (Å²) in [5.74, 6) is -0.171. The van der Waals surface area contributed by atoms with Crippen LogP contribution in [0.25, 0.3) is 0 Å². The summed E-state index contributed by atoms with van der Waals surface area (Å²) in [4.78, 5) is 31.1. The van der Waals surface area contributed by atoms with Gasteiger partial charge in [-0.3, -0.25) is 9.59 Å². The number of aromatic nitrogens is 1. The Balaban J connectivity index is 1.36. The van der Waals surface area contributed by atoms with E-state index < -0.39 is 17.8 Å². The van der Waals surface area contributed by atoms with Crippen molar-refractivity contribution in [3.8, 4) is 0 Å². The number of hydrogen-bond acceptors (Lipinski definition) is 2. The van der Waals surface area contributed by atoms with Crippen molar-refractivity contribution in [2.24, 2.45) is 5.92 Å². The van der Waals surface area contributed by atoms with Gasteiger partial charge in [-0.2, -0.15) is 13.2 Å². The third-order valence-electron chi connectivity index (χ3n) is 6.62. The van der Waals surface area contributed by atoms with Gasteiger partial charge in [0.15, 0.2) is 0 Å². The summed E-state index contributed by atoms with van der Waals surface area (Å²) in [6.45, 7) is 1.53. The number of rotatable bonds is 3. The predicted octanol–water partition coefficient (Wildman–Crippen LogP) is 4.07. The van der Waals surface area contributed by atoms with Crippen molar-refractivity contribution in [3.05, 3.63) is 52.3 Å². The molecule has 8 heteroatoms. The molecule has 1 aliphatic heterocycles. The van der Waals surface area contributed by atoms with Gasteiger partial charge in [0.25, 0.3) is 5.91 Å². The van der Waals surface area contributed by atoms with Gasteiger partial charge in [-0.25, -0.2) is 0 Å². The molecule has 0 unspecified atom stereocenters. The first-order chi connectivity index (χ1) is 14.2. The molecular weight excluding hydrogens is 395 g/mol. The molecule has 1 saturated heterocycles. The van der Waals surface area contributed by atoms with Gasteiger partial charge in [0.1, 0.15) is 11.7 Å². The van der Waals surface area contributed by atoms with Crippen LogP contribution in [-0.2, 0) is 23.8 Å². The molecule has 158 valence electrons. The summed E-state index contributed by atoms with van der Waals surface area (Å²) < 4.78 is 38.7. The molecule has 2 heterocycles. The fourth-order valence-electron chi connectivity index (χ4n) is 4.96. The fourth-order valence-corrected chi connectivity index (χ4v) is 4.96. The van der Waals surface area contributed by atoms with Crippen molar-refractivity contribution in [3.63, 3.8) is 0 Å². The number of amides is 2. The van der Waals surface area contributed by atoms with Gasteiger partial charge in [0.05, 0.1) is 5.56 Å². The molecular formula is C22H22F3N3O2. The quantitative estimate of drug-likeness (QED) is 0.791. The maximum Gasteiger partial charge on any atom is 0.416 e. The van der Waals surface area contributed by atoms with E-state index in [1.807, 2.05) is 6.20 Å². The lowest BCUT2D eigenvalue weighted by Gasteiger charge is -2.27. The fraction of sp³-hybridized carbons (Fsp3) is 0.455. The zero-order valence-corrected chi connectivity index (χ0v) is 16.5. The van der Waals surface area contributed by atoms with Crippen LogP contribution in [0.4, 0.5) is 18.9 Å². The number of aryl methyl sites for hydroxylation is 2. The molecule has 1 saturated carbocycles. The van der Waals surface area contributed by atoms with Crippen LogP contribution in [0.15, 0.2) is 24.4 Å². The number of fused-ring (bicyclic) bond motifs is 2. The SMILES string of the molecule is Cc1cc(C(F)(F)F)ccc1NC(=O)[C@@H]1C[C@@H]2C[C@@H]2N1C(=O)c1[nH]cc2c1CCC2. The van der Waals surface area contributed by atoms with Crippen molar-refractivity contribution in [1.82, 2.24) is 9.88 Å². The number of piperidine rings is 1. The molecule has 2 amide bonds. The Kier molecular flexibility index (Phi) is 4.24. The standard InChI is InChI=1S/C22H22F3N3O2/c1-11-7-14(22(23,24)25)5-6-16(11)27-20(29)18-9-13-8-17(13)28(18)21(30)19-15-4-2-3-12(15)10-26-19/h5-7,10,13,17-18,26H,2-4,8-9H2,1H3,(H,27,29)/t13-,17-,18-/m0/s1. The number of carbonyl (C=O) groups excluding carboxylic acids is 2. The van der Waals surface area contributed by atoms with Crippen LogP contribution in [0.2, 0.25) is 0 Å². The Labute approximate surface area is 171 Å². The average Bonchev–Trinajstić information content (AvgIpc) is 3.04. The number of carbonyl (C=O) groups is 2. The largest absolute Gasteiger partial charge is 0.416 e. The van der Waals surface area contributed by atoms with E-state index in [1.165, 1.54) is 18.6 Å². The molecule has 2 aliphatic carbocycles. The number of halogens is 3. The second kappa shape index (κ2) is 6.62. The van der Waals surface area contributed by atoms with Gasteiger partial charge < -0.3 is 15.2 Å². The molecule has 5 rings (SSSR count). The molecule has 0 bridgehead atoms. The van der Waals surface area contributed by atoms with E-state index >= 15 is 0 Å². The van der Waals surface area contributed by atoms with Gasteiger partial charge in [-0.05, 0) is 79.8 Å². The highest BCUT2D eigenvalue weighted by Gasteiger charge is 2.56. The Morgan fingerprint density at radius 1 is 1.20 bits per heavy atom. The van der Waals surface area contributed by atoms with Crippen molar-refractivity contribution >= 4 is 17.5 Å². The number of H-pyrrole nitrogens is 1. The molecule has 1 aromatic carbocycles. The Hall–Kier alpha value is -2.77. The highest BCUT2D eigenvalue weighted by molar-refractivity contribution is 6.02. The summed E-state index contributed by atoms with van der Waals surface area (Å²) in [6, 6.07) is 2.72. The minimum absolute atomic E-state index is 0.0716. The number of nitrogens with one attached hydrogen (secondary N) is 2. The lowest BCUT2D eigenvalue weighted by atomic mass is 10.1. The molecule has 5 nitrogen and oxygen atoms in total. The second-order valence-corrected chi connectivity index (χ2v) is 8.56. The molecule has 30 heavy (non-hydrogen) atoms. The van der Waals surface area contributed by atoms with Crippen LogP contribution >= 0.6 is 0 Å². The van der Waals surface area contributed by atoms with Crippen molar-refractivity contribution in [2.45, 2.75) is 57.3 Å². The van der Waals surface area contributed by atoms with Crippen molar-refractivity contribution < 1.29 is 22.8 Å². The Morgan fingerprint density at radius 3 is 2.73 bits per heavy atom. The van der Waals surface area contributed by atoms with E-state index in [0.29, 0.717) is 29.3 Å². The molecule has 2 aromatic rings. The number of hydrogen-bond donors (Lipinski definition) is 2. The summed E-state index contributed by atoms with van der Waals surface area (Å²) >= 11 is 0. The van der Waals surface area contributed by atoms with Crippen molar-refractivity contribution in [2.75, 3.05) is 5.32 Å². The van der Waals surface area contributed by atoms with Crippen LogP contribution in [-0.4, -0.2) is 33.8 Å². The summed E-state index contributed by atoms with van der Waals surface area (Å²) in [6.07, 6.45) is 1.80. The number of benzene rings is 1. The number of likely N-dealkylation sites (tertiary alicyclic amines) is 1. The molecule has 3 atom stereocenters. The molecule has 2 fully saturated rings. The molecule has 1 aromatic heterocycles. The molecule has 2 N–H and O–H groups in total. The molecule has 0 spiro atoms. The summed E-state index contributed by atoms with van der Waals surface area (Å²) in [7, 11) is 0. The third kappa shape index (κ3) is 3.09. The van der Waals surface area contributed by atoms with Gasteiger partial charge in [-0.15, -0.1) is 0 Å². The number of anilines is 1. The average molecular weight is 417 g/mol. The lowest BCUT2D eigenvalue weighted by molar-refractivity contribution is -0.137. The predicted molar refractivity (Wildman–Crippen MR) is 104 cm³/mol. The highest BCUT2D eigenvalue weighted by Crippen LogP contribution is 2.49. The minimum atomic E-state index is -4.43. The van der Waals surface area contributed by atoms with E-state index in [1.54, 1.807) is 4.90 Å². The smallest absolute Gasteiger partial charge is 0.357 e. The van der Waals surface area contributed by atoms with Crippen LogP contribution in [0.5, 0.6) is 0 Å². The summed E-state index contributed by atoms with van der Waals surface area (Å²) in [5, 5.41) is 2.74. The first-order valence-electron chi connectivity index (χ1n) is 10.2. The lowest BCUT2D eigenvalue weighted by Crippen LogP contribution is -2.46. The van der Waals surface area contributed by atoms with Gasteiger partial charge >= 0.3 is 6.18 Å². The highest BCUT2D eigenvalue weighted by atomic mass is 19.4. The maximum absolute atomic E-state index is 13.3. The monoisotopic (exact) mass is 417 g/mol. The first kappa shape index (κ1) is 19.2. The van der Waals surface area contributed by atoms with E-state index in [4.69, 9.17) is 0 Å². The molecule has 0 radical (unpaired) electrons. The van der Waals surface area contributed by atoms with E-state index in [9.17, 15) is 22.8 Å². The number of alkyl halides is 3. The second-order valence-electron chi connectivity index (χ2n) is 8.56. The minimum Gasteiger partial charge on any atom is -0.357 e. The summed E-state index contributed by atoms with van der Waals surface area (Å²) in [5.41, 5.74) is 2.73. The number of aromatic amines is 1. The van der Waals surface area contributed by atoms with Gasteiger partial charge in [0, 0.05) is 17.9 Å². The Bertz CT molecular complexity index is 1040. The van der Waals surface area contributed by atoms with E-state index in [2.05, 4.69) is 10.3 Å². The van der Waals surface area contributed by atoms with E-state index in [0.717, 1.165) is 43.4 Å². The number of nitrogens with zero attached hydrogens (tertiary/aromatic N) is 1. The normalized spacial score (nSPS) is 24.5. The molecule has 3 aliphatic rings. The van der Waals surface area contributed by atoms with Gasteiger partial charge in [0.2, 0.25) is 5.91 Å².